The SMILES string of the molecule is C=CCCCCCCCC(=O)NCCC[N+](C)(C)C.C=CCCCCCCCC(=O)NCCC[N+](C)(C)O. The third-order valence-electron chi connectivity index (χ3n) is 6.16. The number of nitrogens with zero attached hydrogens (tertiary/aromatic N) is 2. The van der Waals surface area contributed by atoms with E-state index in [0.717, 1.165) is 62.5 Å². The van der Waals surface area contributed by atoms with Crippen molar-refractivity contribution in [2.75, 3.05) is 61.4 Å². The van der Waals surface area contributed by atoms with Crippen molar-refractivity contribution in [1.29, 1.82) is 0 Å². The molecule has 0 unspecified atom stereocenters. The summed E-state index contributed by atoms with van der Waals surface area (Å²) in [6.45, 7) is 10.6. The van der Waals surface area contributed by atoms with Crippen LogP contribution in [0.1, 0.15) is 103 Å². The lowest BCUT2D eigenvalue weighted by atomic mass is 10.1. The fourth-order valence-corrected chi connectivity index (χ4v) is 3.86. The molecule has 0 aliphatic rings. The minimum atomic E-state index is -0.0411. The van der Waals surface area contributed by atoms with Crippen LogP contribution in [0.15, 0.2) is 25.3 Å². The van der Waals surface area contributed by atoms with Gasteiger partial charge in [0.2, 0.25) is 11.8 Å². The Kier molecular flexibility index (Phi) is 25.9. The number of unbranched alkanes of at least 4 members (excludes halogenated alkanes) is 10. The maximum absolute atomic E-state index is 11.6. The molecule has 0 aromatic rings. The number of nitrogens with one attached hydrogen (secondary N) is 2. The summed E-state index contributed by atoms with van der Waals surface area (Å²) in [7, 11) is 9.99. The monoisotopic (exact) mass is 540 g/mol. The normalized spacial score (nSPS) is 11.3. The first-order valence-corrected chi connectivity index (χ1v) is 15.0. The number of rotatable bonds is 24. The molecule has 0 atom stereocenters. The zero-order chi connectivity index (χ0) is 29.1. The van der Waals surface area contributed by atoms with Crippen LogP contribution in [0.3, 0.4) is 0 Å². The highest BCUT2D eigenvalue weighted by atomic mass is 16.5. The van der Waals surface area contributed by atoms with E-state index in [2.05, 4.69) is 44.9 Å². The van der Waals surface area contributed by atoms with E-state index in [-0.39, 0.29) is 16.5 Å². The zero-order valence-corrected chi connectivity index (χ0v) is 25.9. The predicted octanol–water partition coefficient (Wildman–Crippen LogP) is 5.99. The molecule has 38 heavy (non-hydrogen) atoms. The molecule has 3 N–H and O–H groups in total. The lowest BCUT2D eigenvalue weighted by Crippen LogP contribution is -2.38. The van der Waals surface area contributed by atoms with Crippen LogP contribution in [-0.4, -0.2) is 87.6 Å². The smallest absolute Gasteiger partial charge is 0.219 e. The van der Waals surface area contributed by atoms with Gasteiger partial charge in [0.25, 0.3) is 0 Å². The van der Waals surface area contributed by atoms with Crippen LogP contribution in [-0.2, 0) is 9.59 Å². The molecule has 0 radical (unpaired) electrons. The average Bonchev–Trinajstić information content (AvgIpc) is 2.83. The topological polar surface area (TPSA) is 78.4 Å². The first kappa shape index (κ1) is 38.4. The second kappa shape index (κ2) is 25.6. The largest absolute Gasteiger partial charge is 0.356 e. The van der Waals surface area contributed by atoms with Gasteiger partial charge in [0.1, 0.15) is 6.54 Å². The Morgan fingerprint density at radius 1 is 0.605 bits per heavy atom. The molecule has 0 saturated heterocycles. The van der Waals surface area contributed by atoms with Gasteiger partial charge in [-0.3, -0.25) is 9.59 Å². The highest BCUT2D eigenvalue weighted by Gasteiger charge is 2.10. The van der Waals surface area contributed by atoms with E-state index >= 15 is 0 Å². The molecule has 2 amide bonds. The lowest BCUT2D eigenvalue weighted by molar-refractivity contribution is -1.07. The highest BCUT2D eigenvalue weighted by Crippen LogP contribution is 2.08. The third kappa shape index (κ3) is 36.5. The maximum Gasteiger partial charge on any atom is 0.219 e. The van der Waals surface area contributed by atoms with Gasteiger partial charge in [0.05, 0.1) is 41.8 Å². The average molecular weight is 541 g/mol. The van der Waals surface area contributed by atoms with Gasteiger partial charge in [-0.1, -0.05) is 50.7 Å². The molecule has 0 aliphatic carbocycles. The summed E-state index contributed by atoms with van der Waals surface area (Å²) in [6.07, 6.45) is 21.0. The van der Waals surface area contributed by atoms with Crippen LogP contribution in [0.4, 0.5) is 0 Å². The Labute approximate surface area is 235 Å². The van der Waals surface area contributed by atoms with Crippen molar-refractivity contribution in [3.05, 3.63) is 25.3 Å². The van der Waals surface area contributed by atoms with Crippen LogP contribution >= 0.6 is 0 Å². The molecule has 0 aromatic carbocycles. The van der Waals surface area contributed by atoms with Crippen molar-refractivity contribution in [3.63, 3.8) is 0 Å². The van der Waals surface area contributed by atoms with Gasteiger partial charge in [0, 0.05) is 38.8 Å². The third-order valence-corrected chi connectivity index (χ3v) is 6.16. The summed E-state index contributed by atoms with van der Waals surface area (Å²) >= 11 is 0. The Hall–Kier alpha value is -1.70. The van der Waals surface area contributed by atoms with E-state index in [1.807, 2.05) is 12.2 Å². The summed E-state index contributed by atoms with van der Waals surface area (Å²) in [5.41, 5.74) is 0. The summed E-state index contributed by atoms with van der Waals surface area (Å²) in [5.74, 6) is 0.349. The van der Waals surface area contributed by atoms with Crippen molar-refractivity contribution in [2.45, 2.75) is 103 Å². The molecular weight excluding hydrogens is 476 g/mol. The first-order chi connectivity index (χ1) is 17.9. The maximum atomic E-state index is 11.6. The van der Waals surface area contributed by atoms with Crippen LogP contribution in [0.5, 0.6) is 0 Å². The standard InChI is InChI=1S/C16H32N2O.C15H30N2O2/c1-5-6-7-8-9-10-11-13-16(19)17-14-12-15-18(2,3)4;1-4-5-6-7-8-9-10-12-15(18)16-13-11-14-17(2,3)19/h5H,1,6-15H2,2-4H3;4,19H,1,5-14H2,2-3H3/p+2. The quantitative estimate of drug-likeness (QED) is 0.0609. The van der Waals surface area contributed by atoms with Gasteiger partial charge in [-0.25, -0.2) is 5.21 Å². The number of quaternary nitrogens is 2. The van der Waals surface area contributed by atoms with E-state index in [1.165, 1.54) is 44.9 Å². The summed E-state index contributed by atoms with van der Waals surface area (Å²) in [5, 5.41) is 15.4. The van der Waals surface area contributed by atoms with Gasteiger partial charge in [-0.15, -0.1) is 13.2 Å². The second-order valence-corrected chi connectivity index (χ2v) is 12.0. The van der Waals surface area contributed by atoms with Gasteiger partial charge in [-0.05, 0) is 38.5 Å². The Morgan fingerprint density at radius 2 is 0.974 bits per heavy atom. The van der Waals surface area contributed by atoms with E-state index in [4.69, 9.17) is 0 Å². The minimum Gasteiger partial charge on any atom is -0.356 e. The molecule has 0 bridgehead atoms. The van der Waals surface area contributed by atoms with E-state index < -0.39 is 0 Å². The molecule has 7 heteroatoms. The highest BCUT2D eigenvalue weighted by molar-refractivity contribution is 5.76. The van der Waals surface area contributed by atoms with Crippen LogP contribution in [0.25, 0.3) is 0 Å². The zero-order valence-electron chi connectivity index (χ0n) is 25.9. The number of hydrogen-bond donors (Lipinski definition) is 3. The van der Waals surface area contributed by atoms with E-state index in [9.17, 15) is 14.8 Å². The Morgan fingerprint density at radius 3 is 1.34 bits per heavy atom. The van der Waals surface area contributed by atoms with Crippen molar-refractivity contribution in [3.8, 4) is 0 Å². The Balaban J connectivity index is 0. The number of carbonyl (C=O) groups excluding carboxylic acids is 2. The molecule has 0 heterocycles. The van der Waals surface area contributed by atoms with Gasteiger partial charge < -0.3 is 15.1 Å². The van der Waals surface area contributed by atoms with Gasteiger partial charge in [-0.2, -0.15) is 4.65 Å². The number of hydroxylamine groups is 3. The van der Waals surface area contributed by atoms with E-state index in [1.54, 1.807) is 14.1 Å². The first-order valence-electron chi connectivity index (χ1n) is 15.0. The van der Waals surface area contributed by atoms with Crippen molar-refractivity contribution < 1.29 is 23.9 Å². The second-order valence-electron chi connectivity index (χ2n) is 12.0. The summed E-state index contributed by atoms with van der Waals surface area (Å²) in [4.78, 5) is 23.1. The fraction of sp³-hybridized carbons (Fsp3) is 0.806. The van der Waals surface area contributed by atoms with Crippen LogP contribution < -0.4 is 10.6 Å². The summed E-state index contributed by atoms with van der Waals surface area (Å²) < 4.78 is 0.918. The number of carbonyl (C=O) groups is 2. The van der Waals surface area contributed by atoms with Crippen molar-refractivity contribution >= 4 is 11.8 Å². The molecule has 0 aliphatic heterocycles. The number of hydrogen-bond acceptors (Lipinski definition) is 3. The predicted molar refractivity (Wildman–Crippen MR) is 162 cm³/mol. The molecule has 0 saturated carbocycles. The molecular formula is C31H64N4O3+2. The Bertz CT molecular complexity index is 543. The summed E-state index contributed by atoms with van der Waals surface area (Å²) in [6, 6.07) is 0. The van der Waals surface area contributed by atoms with Gasteiger partial charge in [0.15, 0.2) is 0 Å². The van der Waals surface area contributed by atoms with Crippen LogP contribution in [0.2, 0.25) is 0 Å². The molecule has 0 fully saturated rings. The molecule has 7 nitrogen and oxygen atoms in total. The number of allylic oxidation sites excluding steroid dienone is 2. The minimum absolute atomic E-state index is 0.0411. The molecule has 0 rings (SSSR count). The van der Waals surface area contributed by atoms with E-state index in [0.29, 0.717) is 25.9 Å². The molecule has 0 spiro atoms. The molecule has 0 aromatic heterocycles. The van der Waals surface area contributed by atoms with Crippen molar-refractivity contribution in [1.82, 2.24) is 10.6 Å². The molecule has 224 valence electrons. The van der Waals surface area contributed by atoms with Crippen molar-refractivity contribution in [2.24, 2.45) is 0 Å². The van der Waals surface area contributed by atoms with Crippen LogP contribution in [0, 0.1) is 0 Å². The number of amides is 2. The van der Waals surface area contributed by atoms with Gasteiger partial charge >= 0.3 is 0 Å². The fourth-order valence-electron chi connectivity index (χ4n) is 3.86. The lowest BCUT2D eigenvalue weighted by Gasteiger charge is -2.23.